The summed E-state index contributed by atoms with van der Waals surface area (Å²) in [5, 5.41) is 0. The summed E-state index contributed by atoms with van der Waals surface area (Å²) in [6, 6.07) is 7.38. The molecule has 1 aliphatic heterocycles. The van der Waals surface area contributed by atoms with Gasteiger partial charge in [-0.1, -0.05) is 39.0 Å². The summed E-state index contributed by atoms with van der Waals surface area (Å²) < 4.78 is 11.3. The number of hydrogen-bond donors (Lipinski definition) is 2. The van der Waals surface area contributed by atoms with Crippen molar-refractivity contribution in [3.63, 3.8) is 0 Å². The Morgan fingerprint density at radius 3 is 2.62 bits per heavy atom. The van der Waals surface area contributed by atoms with E-state index in [-0.39, 0.29) is 12.5 Å². The van der Waals surface area contributed by atoms with Crippen LogP contribution in [0.4, 0.5) is 0 Å². The van der Waals surface area contributed by atoms with Crippen LogP contribution >= 0.6 is 0 Å². The van der Waals surface area contributed by atoms with Gasteiger partial charge in [0.2, 0.25) is 6.10 Å². The topological polar surface area (TPSA) is 59.6 Å². The first-order valence-electron chi connectivity index (χ1n) is 8.57. The number of hydrazine groups is 1. The first-order valence-corrected chi connectivity index (χ1v) is 8.57. The van der Waals surface area contributed by atoms with Crippen LogP contribution in [0.2, 0.25) is 0 Å². The van der Waals surface area contributed by atoms with Gasteiger partial charge in [0.1, 0.15) is 6.61 Å². The Balaban J connectivity index is 1.49. The molecular weight excluding hydrogens is 304 g/mol. The third-order valence-electron chi connectivity index (χ3n) is 4.78. The van der Waals surface area contributed by atoms with E-state index < -0.39 is 6.10 Å². The fraction of sp³-hybridized carbons (Fsp3) is 0.526. The van der Waals surface area contributed by atoms with Crippen LogP contribution < -0.4 is 20.3 Å². The Kier molecular flexibility index (Phi) is 4.69. The number of allylic oxidation sites excluding steroid dienone is 2. The molecule has 0 bridgehead atoms. The molecule has 5 heteroatoms. The van der Waals surface area contributed by atoms with Gasteiger partial charge < -0.3 is 14.9 Å². The van der Waals surface area contributed by atoms with Gasteiger partial charge >= 0.3 is 0 Å². The number of rotatable bonds is 3. The number of para-hydroxylation sites is 2. The predicted octanol–water partition coefficient (Wildman–Crippen LogP) is 3.18. The molecule has 0 spiro atoms. The van der Waals surface area contributed by atoms with Gasteiger partial charge in [-0.25, -0.2) is 0 Å². The zero-order chi connectivity index (χ0) is 17.2. The van der Waals surface area contributed by atoms with Crippen molar-refractivity contribution < 1.29 is 14.3 Å². The molecular formula is C19H26N2O3. The summed E-state index contributed by atoms with van der Waals surface area (Å²) in [5.41, 5.74) is 7.18. The Bertz CT molecular complexity index is 634. The van der Waals surface area contributed by atoms with E-state index in [1.165, 1.54) is 0 Å². The largest absolute Gasteiger partial charge is 0.485 e. The van der Waals surface area contributed by atoms with Crippen LogP contribution in [0, 0.1) is 11.3 Å². The van der Waals surface area contributed by atoms with Crippen molar-refractivity contribution in [2.24, 2.45) is 11.3 Å². The molecule has 5 nitrogen and oxygen atoms in total. The minimum absolute atomic E-state index is 0.218. The summed E-state index contributed by atoms with van der Waals surface area (Å²) in [6.07, 6.45) is 4.67. The highest BCUT2D eigenvalue weighted by molar-refractivity contribution is 5.81. The van der Waals surface area contributed by atoms with Gasteiger partial charge in [-0.3, -0.25) is 10.2 Å². The number of ether oxygens (including phenoxy) is 2. The summed E-state index contributed by atoms with van der Waals surface area (Å²) in [7, 11) is 0. The van der Waals surface area contributed by atoms with Crippen LogP contribution in [0.3, 0.4) is 0 Å². The van der Waals surface area contributed by atoms with Gasteiger partial charge in [-0.2, -0.15) is 0 Å². The number of nitrogens with one attached hydrogen (secondary N) is 2. The van der Waals surface area contributed by atoms with Crippen molar-refractivity contribution in [1.29, 1.82) is 0 Å². The molecule has 1 aliphatic carbocycles. The highest BCUT2D eigenvalue weighted by Crippen LogP contribution is 2.36. The Morgan fingerprint density at radius 1 is 1.21 bits per heavy atom. The van der Waals surface area contributed by atoms with Crippen molar-refractivity contribution in [3.8, 4) is 11.5 Å². The Morgan fingerprint density at radius 2 is 1.96 bits per heavy atom. The highest BCUT2D eigenvalue weighted by Gasteiger charge is 2.28. The van der Waals surface area contributed by atoms with Crippen molar-refractivity contribution in [1.82, 2.24) is 10.9 Å². The highest BCUT2D eigenvalue weighted by atomic mass is 16.6. The second-order valence-corrected chi connectivity index (χ2v) is 7.55. The Hall–Kier alpha value is -2.17. The smallest absolute Gasteiger partial charge is 0.282 e. The van der Waals surface area contributed by atoms with Crippen LogP contribution in [0.25, 0.3) is 0 Å². The molecule has 0 unspecified atom stereocenters. The molecule has 0 aromatic heterocycles. The SMILES string of the molecule is CC(C)(C)[C@@H]1CC=C(NNC(=O)[C@@H]2COc3ccccc3O2)CC1. The van der Waals surface area contributed by atoms with Crippen LogP contribution in [0.1, 0.15) is 40.0 Å². The summed E-state index contributed by atoms with van der Waals surface area (Å²) in [5.74, 6) is 1.75. The lowest BCUT2D eigenvalue weighted by Crippen LogP contribution is -2.49. The van der Waals surface area contributed by atoms with Crippen molar-refractivity contribution in [2.45, 2.75) is 46.1 Å². The van der Waals surface area contributed by atoms with E-state index >= 15 is 0 Å². The maximum absolute atomic E-state index is 12.3. The molecule has 2 aliphatic rings. The molecule has 2 N–H and O–H groups in total. The molecule has 24 heavy (non-hydrogen) atoms. The summed E-state index contributed by atoms with van der Waals surface area (Å²) in [6.45, 7) is 7.06. The standard InChI is InChI=1S/C19H26N2O3/c1-19(2,3)13-8-10-14(11-9-13)20-21-18(22)17-12-23-15-6-4-5-7-16(15)24-17/h4-7,10,13,17,20H,8-9,11-12H2,1-3H3,(H,21,22)/t13-,17+/m1/s1. The van der Waals surface area contributed by atoms with E-state index in [1.54, 1.807) is 6.07 Å². The molecule has 3 rings (SSSR count). The van der Waals surface area contributed by atoms with Crippen molar-refractivity contribution >= 4 is 5.91 Å². The van der Waals surface area contributed by atoms with Crippen LogP contribution in [0.5, 0.6) is 11.5 Å². The van der Waals surface area contributed by atoms with E-state index in [0.717, 1.165) is 25.0 Å². The number of carbonyl (C=O) groups excluding carboxylic acids is 1. The number of fused-ring (bicyclic) bond motifs is 1. The lowest BCUT2D eigenvalue weighted by Gasteiger charge is -2.33. The van der Waals surface area contributed by atoms with Crippen LogP contribution in [-0.4, -0.2) is 18.6 Å². The van der Waals surface area contributed by atoms with E-state index in [2.05, 4.69) is 37.7 Å². The van der Waals surface area contributed by atoms with Gasteiger partial charge in [-0.15, -0.1) is 0 Å². The first kappa shape index (κ1) is 16.7. The average molecular weight is 330 g/mol. The van der Waals surface area contributed by atoms with E-state index in [9.17, 15) is 4.79 Å². The summed E-state index contributed by atoms with van der Waals surface area (Å²) in [4.78, 5) is 12.3. The molecule has 130 valence electrons. The van der Waals surface area contributed by atoms with Gasteiger partial charge in [-0.05, 0) is 42.7 Å². The maximum Gasteiger partial charge on any atom is 0.282 e. The molecule has 1 aromatic rings. The number of benzene rings is 1. The molecule has 2 atom stereocenters. The molecule has 1 aromatic carbocycles. The normalized spacial score (nSPS) is 23.2. The van der Waals surface area contributed by atoms with Gasteiger partial charge in [0.05, 0.1) is 0 Å². The van der Waals surface area contributed by atoms with Crippen LogP contribution in [-0.2, 0) is 4.79 Å². The molecule has 0 saturated carbocycles. The molecule has 0 radical (unpaired) electrons. The number of amides is 1. The van der Waals surface area contributed by atoms with Crippen molar-refractivity contribution in [2.75, 3.05) is 6.61 Å². The zero-order valence-corrected chi connectivity index (χ0v) is 14.6. The fourth-order valence-corrected chi connectivity index (χ4v) is 3.11. The maximum atomic E-state index is 12.3. The third-order valence-corrected chi connectivity index (χ3v) is 4.78. The fourth-order valence-electron chi connectivity index (χ4n) is 3.11. The molecule has 0 fully saturated rings. The zero-order valence-electron chi connectivity index (χ0n) is 14.6. The third kappa shape index (κ3) is 3.83. The van der Waals surface area contributed by atoms with Crippen LogP contribution in [0.15, 0.2) is 36.0 Å². The van der Waals surface area contributed by atoms with E-state index in [1.807, 2.05) is 18.2 Å². The number of carbonyl (C=O) groups is 1. The minimum atomic E-state index is -0.640. The molecule has 1 heterocycles. The lowest BCUT2D eigenvalue weighted by molar-refractivity contribution is -0.131. The van der Waals surface area contributed by atoms with E-state index in [0.29, 0.717) is 22.8 Å². The summed E-state index contributed by atoms with van der Waals surface area (Å²) >= 11 is 0. The lowest BCUT2D eigenvalue weighted by atomic mass is 9.74. The second-order valence-electron chi connectivity index (χ2n) is 7.55. The van der Waals surface area contributed by atoms with Gasteiger partial charge in [0.25, 0.3) is 5.91 Å². The first-order chi connectivity index (χ1) is 11.4. The van der Waals surface area contributed by atoms with Gasteiger partial charge in [0.15, 0.2) is 11.5 Å². The minimum Gasteiger partial charge on any atom is -0.485 e. The quantitative estimate of drug-likeness (QED) is 0.836. The molecule has 0 saturated heterocycles. The van der Waals surface area contributed by atoms with E-state index in [4.69, 9.17) is 9.47 Å². The van der Waals surface area contributed by atoms with Crippen molar-refractivity contribution in [3.05, 3.63) is 36.0 Å². The number of hydrogen-bond acceptors (Lipinski definition) is 4. The predicted molar refractivity (Wildman–Crippen MR) is 92.5 cm³/mol. The average Bonchev–Trinajstić information content (AvgIpc) is 2.59. The molecule has 1 amide bonds. The monoisotopic (exact) mass is 330 g/mol. The van der Waals surface area contributed by atoms with Gasteiger partial charge in [0, 0.05) is 5.70 Å². The second kappa shape index (κ2) is 6.75. The Labute approximate surface area is 143 Å².